The standard InChI is InChI=1S/C21H28N2O2/c1-16(2)19-11-10-17(3)14-20(19)25-15-21(24)23-13-7-12-22-18-8-5-4-6-9-18/h4-6,8-11,14,16,22H,7,12-13,15H2,1-3H3,(H,23,24). The van der Waals surface area contributed by atoms with Gasteiger partial charge in [-0.1, -0.05) is 44.2 Å². The van der Waals surface area contributed by atoms with Gasteiger partial charge in [-0.2, -0.15) is 0 Å². The van der Waals surface area contributed by atoms with E-state index in [0.717, 1.165) is 35.5 Å². The first-order chi connectivity index (χ1) is 12.1. The summed E-state index contributed by atoms with van der Waals surface area (Å²) in [5.41, 5.74) is 3.36. The van der Waals surface area contributed by atoms with Gasteiger partial charge in [-0.05, 0) is 48.6 Å². The SMILES string of the molecule is Cc1ccc(C(C)C)c(OCC(=O)NCCCNc2ccccc2)c1. The molecule has 2 rings (SSSR count). The summed E-state index contributed by atoms with van der Waals surface area (Å²) in [4.78, 5) is 12.0. The van der Waals surface area contributed by atoms with Gasteiger partial charge in [0.2, 0.25) is 0 Å². The van der Waals surface area contributed by atoms with Gasteiger partial charge >= 0.3 is 0 Å². The maximum Gasteiger partial charge on any atom is 0.257 e. The predicted octanol–water partition coefficient (Wildman–Crippen LogP) is 4.12. The highest BCUT2D eigenvalue weighted by Gasteiger charge is 2.10. The van der Waals surface area contributed by atoms with Crippen LogP contribution in [0.1, 0.15) is 37.3 Å². The molecular formula is C21H28N2O2. The van der Waals surface area contributed by atoms with Crippen LogP contribution in [0.4, 0.5) is 5.69 Å². The number of ether oxygens (including phenoxy) is 1. The Balaban J connectivity index is 1.68. The molecule has 0 saturated carbocycles. The zero-order chi connectivity index (χ0) is 18.1. The van der Waals surface area contributed by atoms with Crippen LogP contribution >= 0.6 is 0 Å². The van der Waals surface area contributed by atoms with E-state index in [2.05, 4.69) is 36.6 Å². The number of hydrogen-bond donors (Lipinski definition) is 2. The third-order valence-corrected chi connectivity index (χ3v) is 3.93. The molecule has 1 amide bonds. The lowest BCUT2D eigenvalue weighted by Crippen LogP contribution is -2.30. The third kappa shape index (κ3) is 6.49. The molecule has 0 radical (unpaired) electrons. The van der Waals surface area contributed by atoms with Crippen molar-refractivity contribution in [3.05, 3.63) is 59.7 Å². The van der Waals surface area contributed by atoms with E-state index in [1.807, 2.05) is 43.3 Å². The summed E-state index contributed by atoms with van der Waals surface area (Å²) >= 11 is 0. The minimum absolute atomic E-state index is 0.0509. The highest BCUT2D eigenvalue weighted by molar-refractivity contribution is 5.77. The molecule has 25 heavy (non-hydrogen) atoms. The summed E-state index contributed by atoms with van der Waals surface area (Å²) < 4.78 is 5.74. The predicted molar refractivity (Wildman–Crippen MR) is 103 cm³/mol. The molecule has 0 spiro atoms. The van der Waals surface area contributed by atoms with Gasteiger partial charge in [-0.15, -0.1) is 0 Å². The minimum atomic E-state index is -0.0871. The first kappa shape index (κ1) is 18.8. The van der Waals surface area contributed by atoms with Gasteiger partial charge in [0, 0.05) is 18.8 Å². The van der Waals surface area contributed by atoms with Crippen LogP contribution in [0.15, 0.2) is 48.5 Å². The smallest absolute Gasteiger partial charge is 0.257 e. The van der Waals surface area contributed by atoms with E-state index in [0.29, 0.717) is 12.5 Å². The van der Waals surface area contributed by atoms with Crippen molar-refractivity contribution in [2.75, 3.05) is 25.0 Å². The van der Waals surface area contributed by atoms with Crippen LogP contribution < -0.4 is 15.4 Å². The third-order valence-electron chi connectivity index (χ3n) is 3.93. The zero-order valence-electron chi connectivity index (χ0n) is 15.3. The summed E-state index contributed by atoms with van der Waals surface area (Å²) in [5, 5.41) is 6.22. The van der Waals surface area contributed by atoms with Gasteiger partial charge in [0.25, 0.3) is 5.91 Å². The monoisotopic (exact) mass is 340 g/mol. The lowest BCUT2D eigenvalue weighted by Gasteiger charge is -2.15. The van der Waals surface area contributed by atoms with Crippen molar-refractivity contribution < 1.29 is 9.53 Å². The second-order valence-electron chi connectivity index (χ2n) is 6.48. The fourth-order valence-electron chi connectivity index (χ4n) is 2.54. The summed E-state index contributed by atoms with van der Waals surface area (Å²) in [6.07, 6.45) is 0.863. The Morgan fingerprint density at radius 2 is 1.84 bits per heavy atom. The topological polar surface area (TPSA) is 50.4 Å². The Bertz CT molecular complexity index is 669. The molecule has 4 nitrogen and oxygen atoms in total. The summed E-state index contributed by atoms with van der Waals surface area (Å²) in [6.45, 7) is 7.77. The van der Waals surface area contributed by atoms with Crippen molar-refractivity contribution >= 4 is 11.6 Å². The number of aryl methyl sites for hydroxylation is 1. The van der Waals surface area contributed by atoms with Crippen molar-refractivity contribution in [3.8, 4) is 5.75 Å². The molecule has 0 fully saturated rings. The van der Waals surface area contributed by atoms with E-state index in [4.69, 9.17) is 4.74 Å². The first-order valence-corrected chi connectivity index (χ1v) is 8.85. The van der Waals surface area contributed by atoms with Crippen LogP contribution in [0.3, 0.4) is 0 Å². The van der Waals surface area contributed by atoms with Crippen LogP contribution in [0.2, 0.25) is 0 Å². The summed E-state index contributed by atoms with van der Waals surface area (Å²) in [6, 6.07) is 16.2. The second kappa shape index (κ2) is 9.72. The number of rotatable bonds is 9. The van der Waals surface area contributed by atoms with Crippen molar-refractivity contribution in [1.29, 1.82) is 0 Å². The normalized spacial score (nSPS) is 10.6. The van der Waals surface area contributed by atoms with E-state index < -0.39 is 0 Å². The van der Waals surface area contributed by atoms with Crippen LogP contribution in [-0.2, 0) is 4.79 Å². The van der Waals surface area contributed by atoms with Crippen molar-refractivity contribution in [3.63, 3.8) is 0 Å². The van der Waals surface area contributed by atoms with Gasteiger partial charge < -0.3 is 15.4 Å². The van der Waals surface area contributed by atoms with Crippen LogP contribution in [0.25, 0.3) is 0 Å². The Kier molecular flexibility index (Phi) is 7.33. The number of benzene rings is 2. The number of carbonyl (C=O) groups is 1. The molecule has 134 valence electrons. The van der Waals surface area contributed by atoms with Crippen molar-refractivity contribution in [2.24, 2.45) is 0 Å². The highest BCUT2D eigenvalue weighted by atomic mass is 16.5. The Morgan fingerprint density at radius 3 is 2.56 bits per heavy atom. The lowest BCUT2D eigenvalue weighted by molar-refractivity contribution is -0.123. The Morgan fingerprint density at radius 1 is 1.08 bits per heavy atom. The number of anilines is 1. The maximum absolute atomic E-state index is 12.0. The number of amides is 1. The average Bonchev–Trinajstić information content (AvgIpc) is 2.60. The molecule has 0 bridgehead atoms. The molecule has 0 unspecified atom stereocenters. The number of nitrogens with one attached hydrogen (secondary N) is 2. The van der Waals surface area contributed by atoms with Gasteiger partial charge in [-0.3, -0.25) is 4.79 Å². The average molecular weight is 340 g/mol. The summed E-state index contributed by atoms with van der Waals surface area (Å²) in [5.74, 6) is 1.08. The Hall–Kier alpha value is -2.49. The van der Waals surface area contributed by atoms with E-state index in [1.54, 1.807) is 0 Å². The highest BCUT2D eigenvalue weighted by Crippen LogP contribution is 2.27. The zero-order valence-corrected chi connectivity index (χ0v) is 15.3. The molecule has 0 aliphatic carbocycles. The van der Waals surface area contributed by atoms with Crippen molar-refractivity contribution in [1.82, 2.24) is 5.32 Å². The van der Waals surface area contributed by atoms with E-state index in [-0.39, 0.29) is 12.5 Å². The van der Waals surface area contributed by atoms with Crippen molar-refractivity contribution in [2.45, 2.75) is 33.1 Å². The largest absolute Gasteiger partial charge is 0.483 e. The maximum atomic E-state index is 12.0. The summed E-state index contributed by atoms with van der Waals surface area (Å²) in [7, 11) is 0. The van der Waals surface area contributed by atoms with Crippen LogP contribution in [-0.4, -0.2) is 25.6 Å². The molecule has 0 heterocycles. The number of carbonyl (C=O) groups excluding carboxylic acids is 1. The fraction of sp³-hybridized carbons (Fsp3) is 0.381. The lowest BCUT2D eigenvalue weighted by atomic mass is 10.0. The van der Waals surface area contributed by atoms with Crippen LogP contribution in [0, 0.1) is 6.92 Å². The molecule has 4 heteroatoms. The second-order valence-corrected chi connectivity index (χ2v) is 6.48. The molecule has 0 aromatic heterocycles. The fourth-order valence-corrected chi connectivity index (χ4v) is 2.54. The van der Waals surface area contributed by atoms with E-state index >= 15 is 0 Å². The van der Waals surface area contributed by atoms with E-state index in [9.17, 15) is 4.79 Å². The molecular weight excluding hydrogens is 312 g/mol. The molecule has 2 N–H and O–H groups in total. The molecule has 2 aromatic rings. The molecule has 0 aliphatic rings. The molecule has 0 atom stereocenters. The Labute approximate surface area is 150 Å². The van der Waals surface area contributed by atoms with Gasteiger partial charge in [0.1, 0.15) is 5.75 Å². The molecule has 2 aromatic carbocycles. The van der Waals surface area contributed by atoms with Crippen LogP contribution in [0.5, 0.6) is 5.75 Å². The first-order valence-electron chi connectivity index (χ1n) is 8.85. The molecule has 0 saturated heterocycles. The van der Waals surface area contributed by atoms with Gasteiger partial charge in [0.05, 0.1) is 0 Å². The van der Waals surface area contributed by atoms with E-state index in [1.165, 1.54) is 0 Å². The molecule has 0 aliphatic heterocycles. The number of hydrogen-bond acceptors (Lipinski definition) is 3. The minimum Gasteiger partial charge on any atom is -0.483 e. The van der Waals surface area contributed by atoms with Gasteiger partial charge in [-0.25, -0.2) is 0 Å². The van der Waals surface area contributed by atoms with Gasteiger partial charge in [0.15, 0.2) is 6.61 Å². The quantitative estimate of drug-likeness (QED) is 0.675. The number of para-hydroxylation sites is 1.